The number of aromatic nitrogens is 1. The summed E-state index contributed by atoms with van der Waals surface area (Å²) in [6, 6.07) is 36.8. The summed E-state index contributed by atoms with van der Waals surface area (Å²) in [5, 5.41) is 3.93. The molecule has 0 atom stereocenters. The van der Waals surface area contributed by atoms with Crippen molar-refractivity contribution in [3.05, 3.63) is 115 Å². The minimum absolute atomic E-state index is 0.0903. The molecule has 0 unspecified atom stereocenters. The first-order chi connectivity index (χ1) is 16.2. The van der Waals surface area contributed by atoms with E-state index < -0.39 is 0 Å². The minimum atomic E-state index is -0.0903. The van der Waals surface area contributed by atoms with E-state index in [4.69, 9.17) is 4.99 Å². The fraction of sp³-hybridized carbons (Fsp3) is 0.0345. The molecule has 1 N–H and O–H groups in total. The molecule has 0 spiro atoms. The van der Waals surface area contributed by atoms with Gasteiger partial charge in [-0.2, -0.15) is 0 Å². The van der Waals surface area contributed by atoms with Gasteiger partial charge in [0.1, 0.15) is 0 Å². The zero-order valence-electron chi connectivity index (χ0n) is 18.3. The van der Waals surface area contributed by atoms with Crippen molar-refractivity contribution >= 4 is 34.4 Å². The first-order valence-corrected chi connectivity index (χ1v) is 10.9. The number of nitrogens with zero attached hydrogens (tertiary/aromatic N) is 2. The largest absolute Gasteiger partial charge is 0.326 e. The van der Waals surface area contributed by atoms with Gasteiger partial charge in [-0.3, -0.25) is 9.79 Å². The van der Waals surface area contributed by atoms with E-state index in [9.17, 15) is 4.79 Å². The third-order valence-corrected chi connectivity index (χ3v) is 5.51. The summed E-state index contributed by atoms with van der Waals surface area (Å²) < 4.78 is 2.30. The normalized spacial score (nSPS) is 11.2. The Kier molecular flexibility index (Phi) is 5.56. The Morgan fingerprint density at radius 3 is 2.12 bits per heavy atom. The number of nitrogens with one attached hydrogen (secondary N) is 1. The molecule has 0 saturated heterocycles. The van der Waals surface area contributed by atoms with Crippen LogP contribution < -0.4 is 5.32 Å². The number of hydrogen-bond acceptors (Lipinski definition) is 2. The molecular weight excluding hydrogens is 406 g/mol. The Hall–Kier alpha value is -4.44. The number of anilines is 1. The molecule has 33 heavy (non-hydrogen) atoms. The molecule has 4 heteroatoms. The molecule has 0 fully saturated rings. The van der Waals surface area contributed by atoms with E-state index in [1.165, 1.54) is 6.92 Å². The van der Waals surface area contributed by atoms with Crippen molar-refractivity contribution in [2.75, 3.05) is 5.32 Å². The maximum Gasteiger partial charge on any atom is 0.221 e. The molecule has 0 bridgehead atoms. The van der Waals surface area contributed by atoms with E-state index in [0.717, 1.165) is 44.8 Å². The van der Waals surface area contributed by atoms with Crippen molar-refractivity contribution in [2.24, 2.45) is 4.99 Å². The van der Waals surface area contributed by atoms with E-state index >= 15 is 0 Å². The van der Waals surface area contributed by atoms with Crippen LogP contribution in [-0.4, -0.2) is 16.7 Å². The van der Waals surface area contributed by atoms with Crippen LogP contribution in [0, 0.1) is 0 Å². The first kappa shape index (κ1) is 20.5. The molecular formula is C29H23N3O. The Morgan fingerprint density at radius 2 is 1.42 bits per heavy atom. The first-order valence-electron chi connectivity index (χ1n) is 10.9. The fourth-order valence-corrected chi connectivity index (χ4v) is 4.09. The van der Waals surface area contributed by atoms with Crippen molar-refractivity contribution in [3.63, 3.8) is 0 Å². The standard InChI is InChI=1S/C29H23N3O/c1-21(33)31-24-18-16-23(17-19-24)30-20-27-26-14-8-9-15-28(26)32(25-12-6-3-7-13-25)29(27)22-10-4-2-5-11-22/h2-20H,1H3,(H,31,33). The molecule has 0 saturated carbocycles. The molecule has 0 aliphatic rings. The lowest BCUT2D eigenvalue weighted by molar-refractivity contribution is -0.114. The summed E-state index contributed by atoms with van der Waals surface area (Å²) in [5.41, 5.74) is 7.09. The molecule has 5 rings (SSSR count). The van der Waals surface area contributed by atoms with Gasteiger partial charge >= 0.3 is 0 Å². The second-order valence-electron chi connectivity index (χ2n) is 7.80. The van der Waals surface area contributed by atoms with Crippen LogP contribution in [0.3, 0.4) is 0 Å². The van der Waals surface area contributed by atoms with Crippen LogP contribution in [0.25, 0.3) is 27.8 Å². The zero-order chi connectivity index (χ0) is 22.6. The van der Waals surface area contributed by atoms with Crippen LogP contribution in [0.15, 0.2) is 114 Å². The summed E-state index contributed by atoms with van der Waals surface area (Å²) in [7, 11) is 0. The second kappa shape index (κ2) is 8.97. The summed E-state index contributed by atoms with van der Waals surface area (Å²) in [5.74, 6) is -0.0903. The number of amides is 1. The second-order valence-corrected chi connectivity index (χ2v) is 7.80. The Labute approximate surface area is 192 Å². The van der Waals surface area contributed by atoms with Crippen molar-refractivity contribution in [1.29, 1.82) is 0 Å². The van der Waals surface area contributed by atoms with E-state index in [0.29, 0.717) is 0 Å². The highest BCUT2D eigenvalue weighted by atomic mass is 16.1. The molecule has 160 valence electrons. The van der Waals surface area contributed by atoms with Crippen LogP contribution in [0.2, 0.25) is 0 Å². The summed E-state index contributed by atoms with van der Waals surface area (Å²) >= 11 is 0. The average molecular weight is 430 g/mol. The monoisotopic (exact) mass is 429 g/mol. The number of fused-ring (bicyclic) bond motifs is 1. The fourth-order valence-electron chi connectivity index (χ4n) is 4.09. The predicted molar refractivity (Wildman–Crippen MR) is 137 cm³/mol. The topological polar surface area (TPSA) is 46.4 Å². The lowest BCUT2D eigenvalue weighted by Crippen LogP contribution is -2.04. The Morgan fingerprint density at radius 1 is 0.788 bits per heavy atom. The van der Waals surface area contributed by atoms with Gasteiger partial charge in [0.2, 0.25) is 5.91 Å². The number of aliphatic imine (C=N–C) groups is 1. The molecule has 1 amide bonds. The number of carbonyl (C=O) groups is 1. The van der Waals surface area contributed by atoms with Gasteiger partial charge in [0.05, 0.1) is 16.9 Å². The maximum absolute atomic E-state index is 11.3. The third-order valence-electron chi connectivity index (χ3n) is 5.51. The minimum Gasteiger partial charge on any atom is -0.326 e. The van der Waals surface area contributed by atoms with Crippen molar-refractivity contribution < 1.29 is 4.79 Å². The maximum atomic E-state index is 11.3. The van der Waals surface area contributed by atoms with E-state index in [1.807, 2.05) is 42.6 Å². The Bertz CT molecular complexity index is 1430. The highest BCUT2D eigenvalue weighted by Crippen LogP contribution is 2.35. The van der Waals surface area contributed by atoms with Gasteiger partial charge in [-0.25, -0.2) is 0 Å². The average Bonchev–Trinajstić information content (AvgIpc) is 3.19. The van der Waals surface area contributed by atoms with Crippen LogP contribution in [-0.2, 0) is 4.79 Å². The SMILES string of the molecule is CC(=O)Nc1ccc(N=Cc2c(-c3ccccc3)n(-c3ccccc3)c3ccccc23)cc1. The number of hydrogen-bond donors (Lipinski definition) is 1. The van der Waals surface area contributed by atoms with Gasteiger partial charge in [-0.15, -0.1) is 0 Å². The van der Waals surface area contributed by atoms with Crippen molar-refractivity contribution in [2.45, 2.75) is 6.92 Å². The lowest BCUT2D eigenvalue weighted by Gasteiger charge is -2.12. The van der Waals surface area contributed by atoms with Gasteiger partial charge in [-0.05, 0) is 48.0 Å². The molecule has 4 aromatic carbocycles. The molecule has 0 radical (unpaired) electrons. The van der Waals surface area contributed by atoms with Crippen LogP contribution in [0.1, 0.15) is 12.5 Å². The van der Waals surface area contributed by atoms with E-state index in [2.05, 4.69) is 82.7 Å². The van der Waals surface area contributed by atoms with E-state index in [1.54, 1.807) is 0 Å². The van der Waals surface area contributed by atoms with Gasteiger partial charge in [0.15, 0.2) is 0 Å². The molecule has 1 heterocycles. The van der Waals surface area contributed by atoms with Crippen LogP contribution in [0.5, 0.6) is 0 Å². The quantitative estimate of drug-likeness (QED) is 0.300. The highest BCUT2D eigenvalue weighted by molar-refractivity contribution is 6.08. The number of rotatable bonds is 5. The lowest BCUT2D eigenvalue weighted by atomic mass is 10.1. The van der Waals surface area contributed by atoms with Gasteiger partial charge in [0.25, 0.3) is 0 Å². The smallest absolute Gasteiger partial charge is 0.221 e. The van der Waals surface area contributed by atoms with Crippen molar-refractivity contribution in [3.8, 4) is 16.9 Å². The third kappa shape index (κ3) is 4.19. The summed E-state index contributed by atoms with van der Waals surface area (Å²) in [6.07, 6.45) is 1.94. The van der Waals surface area contributed by atoms with Gasteiger partial charge in [0, 0.05) is 35.5 Å². The van der Waals surface area contributed by atoms with Gasteiger partial charge in [-0.1, -0.05) is 66.7 Å². The van der Waals surface area contributed by atoms with E-state index in [-0.39, 0.29) is 5.91 Å². The molecule has 5 aromatic rings. The van der Waals surface area contributed by atoms with Gasteiger partial charge < -0.3 is 9.88 Å². The number of para-hydroxylation sites is 2. The number of benzene rings is 4. The van der Waals surface area contributed by atoms with Crippen LogP contribution >= 0.6 is 0 Å². The summed E-state index contributed by atoms with van der Waals surface area (Å²) in [4.78, 5) is 16.1. The molecule has 1 aromatic heterocycles. The highest BCUT2D eigenvalue weighted by Gasteiger charge is 2.18. The molecule has 0 aliphatic heterocycles. The zero-order valence-corrected chi connectivity index (χ0v) is 18.3. The Balaban J connectivity index is 1.69. The number of carbonyl (C=O) groups excluding carboxylic acids is 1. The molecule has 0 aliphatic carbocycles. The van der Waals surface area contributed by atoms with Crippen molar-refractivity contribution in [1.82, 2.24) is 4.57 Å². The molecule has 4 nitrogen and oxygen atoms in total. The van der Waals surface area contributed by atoms with Crippen LogP contribution in [0.4, 0.5) is 11.4 Å². The summed E-state index contributed by atoms with van der Waals surface area (Å²) in [6.45, 7) is 1.50. The predicted octanol–water partition coefficient (Wildman–Crippen LogP) is 7.01.